The van der Waals surface area contributed by atoms with Gasteiger partial charge in [0.15, 0.2) is 12.3 Å². The van der Waals surface area contributed by atoms with Crippen LogP contribution in [0.5, 0.6) is 5.75 Å². The van der Waals surface area contributed by atoms with E-state index in [9.17, 15) is 9.59 Å². The number of amides is 1. The lowest BCUT2D eigenvalue weighted by Gasteiger charge is -2.13. The minimum Gasteiger partial charge on any atom is -0.495 e. The first-order chi connectivity index (χ1) is 16.4. The minimum absolute atomic E-state index is 0.288. The monoisotopic (exact) mass is 478 g/mol. The van der Waals surface area contributed by atoms with Crippen LogP contribution in [0.2, 0.25) is 5.02 Å². The van der Waals surface area contributed by atoms with E-state index in [1.807, 2.05) is 44.2 Å². The molecule has 2 heterocycles. The van der Waals surface area contributed by atoms with Crippen molar-refractivity contribution in [2.75, 3.05) is 19.0 Å². The maximum Gasteiger partial charge on any atom is 0.339 e. The number of aryl methyl sites for hydroxylation is 2. The molecule has 2 aromatic carbocycles. The molecule has 1 N–H and O–H groups in total. The van der Waals surface area contributed by atoms with E-state index >= 15 is 0 Å². The molecule has 1 amide bonds. The van der Waals surface area contributed by atoms with Gasteiger partial charge in [-0.3, -0.25) is 4.79 Å². The third-order valence-electron chi connectivity index (χ3n) is 5.29. The maximum absolute atomic E-state index is 13.0. The lowest BCUT2D eigenvalue weighted by atomic mass is 10.1. The van der Waals surface area contributed by atoms with Crippen molar-refractivity contribution in [1.82, 2.24) is 14.8 Å². The number of hydrogen-bond donors (Lipinski definition) is 1. The molecule has 0 atom stereocenters. The zero-order chi connectivity index (χ0) is 24.2. The van der Waals surface area contributed by atoms with E-state index in [-0.39, 0.29) is 5.56 Å². The summed E-state index contributed by atoms with van der Waals surface area (Å²) in [7, 11) is 1.48. The number of nitrogens with zero attached hydrogens (tertiary/aromatic N) is 3. The standard InChI is InChI=1S/C25H23ClN4O4/c1-4-30-24-18(13-27-30)17(11-20(29-24)16-8-6-5-7-9-16)25(32)34-14-23(31)28-21-10-15(2)19(26)12-22(21)33-3/h5-13H,4,14H2,1-3H3,(H,28,31). The number of fused-ring (bicyclic) bond motifs is 1. The van der Waals surface area contributed by atoms with Crippen molar-refractivity contribution >= 4 is 40.2 Å². The Morgan fingerprint density at radius 3 is 2.62 bits per heavy atom. The molecular weight excluding hydrogens is 456 g/mol. The van der Waals surface area contributed by atoms with E-state index in [2.05, 4.69) is 10.4 Å². The Labute approximate surface area is 201 Å². The first-order valence-corrected chi connectivity index (χ1v) is 11.0. The zero-order valence-corrected chi connectivity index (χ0v) is 19.7. The second-order valence-corrected chi connectivity index (χ2v) is 7.95. The predicted octanol–water partition coefficient (Wildman–Crippen LogP) is 4.88. The predicted molar refractivity (Wildman–Crippen MR) is 130 cm³/mol. The van der Waals surface area contributed by atoms with E-state index in [1.165, 1.54) is 7.11 Å². The summed E-state index contributed by atoms with van der Waals surface area (Å²) in [5.74, 6) is -0.744. The van der Waals surface area contributed by atoms with Crippen molar-refractivity contribution in [2.24, 2.45) is 0 Å². The molecule has 34 heavy (non-hydrogen) atoms. The van der Waals surface area contributed by atoms with Gasteiger partial charge < -0.3 is 14.8 Å². The summed E-state index contributed by atoms with van der Waals surface area (Å²) in [5.41, 5.74) is 3.53. The van der Waals surface area contributed by atoms with Crippen LogP contribution in [-0.4, -0.2) is 40.4 Å². The third-order valence-corrected chi connectivity index (χ3v) is 5.69. The van der Waals surface area contributed by atoms with E-state index in [1.54, 1.807) is 29.1 Å². The van der Waals surface area contributed by atoms with Crippen LogP contribution in [0.3, 0.4) is 0 Å². The zero-order valence-electron chi connectivity index (χ0n) is 19.0. The van der Waals surface area contributed by atoms with E-state index in [0.717, 1.165) is 11.1 Å². The molecule has 9 heteroatoms. The van der Waals surface area contributed by atoms with Gasteiger partial charge in [0.05, 0.1) is 35.6 Å². The van der Waals surface area contributed by atoms with Gasteiger partial charge in [0.1, 0.15) is 5.75 Å². The highest BCUT2D eigenvalue weighted by molar-refractivity contribution is 6.31. The number of methoxy groups -OCH3 is 1. The summed E-state index contributed by atoms with van der Waals surface area (Å²) in [6.07, 6.45) is 1.58. The van der Waals surface area contributed by atoms with Gasteiger partial charge in [-0.05, 0) is 31.5 Å². The lowest BCUT2D eigenvalue weighted by Crippen LogP contribution is -2.21. The molecular formula is C25H23ClN4O4. The highest BCUT2D eigenvalue weighted by Gasteiger charge is 2.20. The lowest BCUT2D eigenvalue weighted by molar-refractivity contribution is -0.119. The first kappa shape index (κ1) is 23.3. The summed E-state index contributed by atoms with van der Waals surface area (Å²) < 4.78 is 12.3. The van der Waals surface area contributed by atoms with Crippen molar-refractivity contribution < 1.29 is 19.1 Å². The highest BCUT2D eigenvalue weighted by Crippen LogP contribution is 2.31. The average Bonchev–Trinajstić information content (AvgIpc) is 3.27. The number of nitrogens with one attached hydrogen (secondary N) is 1. The van der Waals surface area contributed by atoms with E-state index in [0.29, 0.717) is 39.7 Å². The van der Waals surface area contributed by atoms with Crippen LogP contribution < -0.4 is 10.1 Å². The number of halogens is 1. The molecule has 0 radical (unpaired) electrons. The van der Waals surface area contributed by atoms with Crippen molar-refractivity contribution in [3.05, 3.63) is 70.9 Å². The fourth-order valence-corrected chi connectivity index (χ4v) is 3.68. The molecule has 0 saturated heterocycles. The molecule has 8 nitrogen and oxygen atoms in total. The van der Waals surface area contributed by atoms with Crippen LogP contribution in [0.25, 0.3) is 22.3 Å². The van der Waals surface area contributed by atoms with Crippen molar-refractivity contribution in [3.63, 3.8) is 0 Å². The van der Waals surface area contributed by atoms with Crippen LogP contribution in [0.15, 0.2) is 54.7 Å². The Bertz CT molecular complexity index is 1370. The molecule has 4 aromatic rings. The Morgan fingerprint density at radius 1 is 1.15 bits per heavy atom. The van der Waals surface area contributed by atoms with Gasteiger partial charge in [-0.25, -0.2) is 14.5 Å². The smallest absolute Gasteiger partial charge is 0.339 e. The number of hydrogen-bond acceptors (Lipinski definition) is 6. The number of anilines is 1. The number of aromatic nitrogens is 3. The molecule has 0 aliphatic rings. The molecule has 0 aliphatic heterocycles. The molecule has 4 rings (SSSR count). The molecule has 0 unspecified atom stereocenters. The average molecular weight is 479 g/mol. The molecule has 0 bridgehead atoms. The Kier molecular flexibility index (Phi) is 6.79. The maximum atomic E-state index is 13.0. The van der Waals surface area contributed by atoms with Crippen molar-refractivity contribution in [2.45, 2.75) is 20.4 Å². The number of carbonyl (C=O) groups excluding carboxylic acids is 2. The topological polar surface area (TPSA) is 95.3 Å². The first-order valence-electron chi connectivity index (χ1n) is 10.6. The van der Waals surface area contributed by atoms with Crippen LogP contribution in [-0.2, 0) is 16.1 Å². The summed E-state index contributed by atoms with van der Waals surface area (Å²) in [6.45, 7) is 3.87. The van der Waals surface area contributed by atoms with Gasteiger partial charge >= 0.3 is 5.97 Å². The summed E-state index contributed by atoms with van der Waals surface area (Å²) in [5, 5.41) is 8.09. The van der Waals surface area contributed by atoms with Crippen LogP contribution in [0.1, 0.15) is 22.8 Å². The van der Waals surface area contributed by atoms with Crippen molar-refractivity contribution in [3.8, 4) is 17.0 Å². The molecule has 2 aromatic heterocycles. The van der Waals surface area contributed by atoms with Gasteiger partial charge in [-0.1, -0.05) is 41.9 Å². The Hall–Kier alpha value is -3.91. The summed E-state index contributed by atoms with van der Waals surface area (Å²) in [6, 6.07) is 14.5. The normalized spacial score (nSPS) is 10.8. The second kappa shape index (κ2) is 9.93. The fraction of sp³-hybridized carbons (Fsp3) is 0.200. The van der Waals surface area contributed by atoms with Gasteiger partial charge in [0, 0.05) is 23.2 Å². The van der Waals surface area contributed by atoms with Gasteiger partial charge in [-0.2, -0.15) is 5.10 Å². The third kappa shape index (κ3) is 4.72. The second-order valence-electron chi connectivity index (χ2n) is 7.54. The van der Waals surface area contributed by atoms with E-state index in [4.69, 9.17) is 26.1 Å². The van der Waals surface area contributed by atoms with Crippen LogP contribution >= 0.6 is 11.6 Å². The van der Waals surface area contributed by atoms with Crippen molar-refractivity contribution in [1.29, 1.82) is 0 Å². The molecule has 0 fully saturated rings. The van der Waals surface area contributed by atoms with Gasteiger partial charge in [-0.15, -0.1) is 0 Å². The van der Waals surface area contributed by atoms with Gasteiger partial charge in [0.2, 0.25) is 0 Å². The highest BCUT2D eigenvalue weighted by atomic mass is 35.5. The number of rotatable bonds is 7. The van der Waals surface area contributed by atoms with Gasteiger partial charge in [0.25, 0.3) is 5.91 Å². The molecule has 0 aliphatic carbocycles. The Balaban J connectivity index is 1.57. The molecule has 174 valence electrons. The summed E-state index contributed by atoms with van der Waals surface area (Å²) in [4.78, 5) is 30.2. The Morgan fingerprint density at radius 2 is 1.91 bits per heavy atom. The summed E-state index contributed by atoms with van der Waals surface area (Å²) >= 11 is 6.11. The molecule has 0 saturated carbocycles. The minimum atomic E-state index is -0.644. The van der Waals surface area contributed by atoms with Crippen LogP contribution in [0.4, 0.5) is 5.69 Å². The SMILES string of the molecule is CCn1ncc2c(C(=O)OCC(=O)Nc3cc(C)c(Cl)cc3OC)cc(-c3ccccc3)nc21. The van der Waals surface area contributed by atoms with E-state index < -0.39 is 18.5 Å². The quantitative estimate of drug-likeness (QED) is 0.380. The fourth-order valence-electron chi connectivity index (χ4n) is 3.53. The molecule has 0 spiro atoms. The number of esters is 1. The number of pyridine rings is 1. The van der Waals surface area contributed by atoms with Crippen LogP contribution in [0, 0.1) is 6.92 Å². The number of benzene rings is 2. The number of carbonyl (C=O) groups is 2. The number of ether oxygens (including phenoxy) is 2. The largest absolute Gasteiger partial charge is 0.495 e.